The molecule has 0 amide bonds. The Labute approximate surface area is 102 Å². The third-order valence-electron chi connectivity index (χ3n) is 2.35. The van der Waals surface area contributed by atoms with E-state index in [0.29, 0.717) is 10.7 Å². The minimum atomic E-state index is -0.705. The van der Waals surface area contributed by atoms with Crippen LogP contribution in [0.2, 0.25) is 0 Å². The Morgan fingerprint density at radius 1 is 1.35 bits per heavy atom. The number of aryl methyl sites for hydroxylation is 1. The number of aliphatic hydroxyl groups is 1. The van der Waals surface area contributed by atoms with E-state index in [9.17, 15) is 13.9 Å². The number of aliphatic hydroxyl groups excluding tert-OH is 1. The Hall–Kier alpha value is -1.33. The Kier molecular flexibility index (Phi) is 3.22. The lowest BCUT2D eigenvalue weighted by Crippen LogP contribution is -1.91. The second-order valence-corrected chi connectivity index (χ2v) is 4.99. The molecule has 17 heavy (non-hydrogen) atoms. The first-order valence-electron chi connectivity index (χ1n) is 5.10. The monoisotopic (exact) mass is 255 g/mol. The van der Waals surface area contributed by atoms with Gasteiger partial charge in [-0.05, 0) is 32.0 Å². The first-order valence-corrected chi connectivity index (χ1v) is 5.91. The van der Waals surface area contributed by atoms with E-state index >= 15 is 0 Å². The van der Waals surface area contributed by atoms with E-state index in [2.05, 4.69) is 4.98 Å². The second-order valence-electron chi connectivity index (χ2n) is 3.76. The van der Waals surface area contributed by atoms with Crippen molar-refractivity contribution in [1.82, 2.24) is 4.98 Å². The third kappa shape index (κ3) is 2.35. The lowest BCUT2D eigenvalue weighted by molar-refractivity contribution is 0.199. The zero-order chi connectivity index (χ0) is 12.6. The number of thiazole rings is 1. The summed E-state index contributed by atoms with van der Waals surface area (Å²) in [5.41, 5.74) is 0.522. The van der Waals surface area contributed by atoms with Gasteiger partial charge in [-0.2, -0.15) is 0 Å². The van der Waals surface area contributed by atoms with Gasteiger partial charge in [-0.15, -0.1) is 11.3 Å². The van der Waals surface area contributed by atoms with Crippen LogP contribution in [0.25, 0.3) is 11.3 Å². The first kappa shape index (κ1) is 12.1. The van der Waals surface area contributed by atoms with Crippen LogP contribution in [0.5, 0.6) is 0 Å². The molecule has 0 saturated heterocycles. The number of nitrogens with zero attached hydrogens (tertiary/aromatic N) is 1. The fraction of sp³-hybridized carbons (Fsp3) is 0.250. The maximum atomic E-state index is 13.6. The summed E-state index contributed by atoms with van der Waals surface area (Å²) < 4.78 is 26.7. The van der Waals surface area contributed by atoms with E-state index in [1.54, 1.807) is 13.8 Å². The van der Waals surface area contributed by atoms with Crippen molar-refractivity contribution in [1.29, 1.82) is 0 Å². The minimum Gasteiger partial charge on any atom is -0.386 e. The Morgan fingerprint density at radius 3 is 2.65 bits per heavy atom. The van der Waals surface area contributed by atoms with Crippen molar-refractivity contribution in [3.63, 3.8) is 0 Å². The highest BCUT2D eigenvalue weighted by Gasteiger charge is 2.16. The standard InChI is InChI=1S/C12H11F2NOS/c1-6(16)12-15-11(7(2)17-12)9-5-8(13)3-4-10(9)14/h3-6,16H,1-2H3. The van der Waals surface area contributed by atoms with Gasteiger partial charge in [0, 0.05) is 10.4 Å². The lowest BCUT2D eigenvalue weighted by Gasteiger charge is -2.01. The molecule has 0 bridgehead atoms. The zero-order valence-electron chi connectivity index (χ0n) is 9.37. The highest BCUT2D eigenvalue weighted by atomic mass is 32.1. The van der Waals surface area contributed by atoms with E-state index < -0.39 is 17.7 Å². The molecule has 0 aliphatic heterocycles. The van der Waals surface area contributed by atoms with Crippen LogP contribution in [0.3, 0.4) is 0 Å². The van der Waals surface area contributed by atoms with Crippen LogP contribution in [0.4, 0.5) is 8.78 Å². The molecule has 0 aliphatic carbocycles. The van der Waals surface area contributed by atoms with Crippen molar-refractivity contribution >= 4 is 11.3 Å². The van der Waals surface area contributed by atoms with Crippen LogP contribution in [-0.4, -0.2) is 10.1 Å². The predicted molar refractivity (Wildman–Crippen MR) is 62.8 cm³/mol. The molecule has 0 aliphatic rings. The van der Waals surface area contributed by atoms with E-state index in [1.165, 1.54) is 11.3 Å². The highest BCUT2D eigenvalue weighted by Crippen LogP contribution is 2.32. The van der Waals surface area contributed by atoms with E-state index in [4.69, 9.17) is 0 Å². The zero-order valence-corrected chi connectivity index (χ0v) is 10.2. The molecule has 90 valence electrons. The van der Waals surface area contributed by atoms with Gasteiger partial charge < -0.3 is 5.11 Å². The molecule has 0 radical (unpaired) electrons. The van der Waals surface area contributed by atoms with Crippen molar-refractivity contribution in [3.8, 4) is 11.3 Å². The maximum absolute atomic E-state index is 13.6. The van der Waals surface area contributed by atoms with E-state index in [1.807, 2.05) is 0 Å². The molecule has 5 heteroatoms. The van der Waals surface area contributed by atoms with E-state index in [0.717, 1.165) is 23.1 Å². The topological polar surface area (TPSA) is 33.1 Å². The number of aromatic nitrogens is 1. The molecule has 1 aromatic heterocycles. The fourth-order valence-corrected chi connectivity index (χ4v) is 2.40. The van der Waals surface area contributed by atoms with Gasteiger partial charge in [-0.3, -0.25) is 0 Å². The molecule has 1 aromatic carbocycles. The van der Waals surface area contributed by atoms with Crippen molar-refractivity contribution in [2.24, 2.45) is 0 Å². The molecule has 1 unspecified atom stereocenters. The number of hydrogen-bond donors (Lipinski definition) is 1. The van der Waals surface area contributed by atoms with Gasteiger partial charge in [-0.1, -0.05) is 0 Å². The van der Waals surface area contributed by atoms with Crippen LogP contribution in [0, 0.1) is 18.6 Å². The Morgan fingerprint density at radius 2 is 2.06 bits per heavy atom. The van der Waals surface area contributed by atoms with Crippen LogP contribution in [-0.2, 0) is 0 Å². The fourth-order valence-electron chi connectivity index (χ4n) is 1.52. The summed E-state index contributed by atoms with van der Waals surface area (Å²) in [5.74, 6) is -1.02. The van der Waals surface area contributed by atoms with Gasteiger partial charge in [0.25, 0.3) is 0 Å². The maximum Gasteiger partial charge on any atom is 0.132 e. The number of hydrogen-bond acceptors (Lipinski definition) is 3. The Balaban J connectivity index is 2.56. The predicted octanol–water partition coefficient (Wildman–Crippen LogP) is 3.45. The average molecular weight is 255 g/mol. The van der Waals surface area contributed by atoms with Gasteiger partial charge >= 0.3 is 0 Å². The van der Waals surface area contributed by atoms with Crippen LogP contribution >= 0.6 is 11.3 Å². The molecule has 2 rings (SSSR count). The Bertz CT molecular complexity index is 551. The number of halogens is 2. The molecule has 1 atom stereocenters. The van der Waals surface area contributed by atoms with E-state index in [-0.39, 0.29) is 5.56 Å². The first-order chi connectivity index (χ1) is 7.99. The summed E-state index contributed by atoms with van der Waals surface area (Å²) >= 11 is 1.28. The molecule has 0 saturated carbocycles. The van der Waals surface area contributed by atoms with Gasteiger partial charge in [-0.25, -0.2) is 13.8 Å². The SMILES string of the molecule is Cc1sc(C(C)O)nc1-c1cc(F)ccc1F. The normalized spacial score (nSPS) is 12.8. The molecule has 2 nitrogen and oxygen atoms in total. The van der Waals surface area contributed by atoms with Crippen LogP contribution < -0.4 is 0 Å². The third-order valence-corrected chi connectivity index (χ3v) is 3.50. The smallest absolute Gasteiger partial charge is 0.132 e. The average Bonchev–Trinajstić information content (AvgIpc) is 2.64. The molecular weight excluding hydrogens is 244 g/mol. The molecule has 0 spiro atoms. The number of benzene rings is 1. The summed E-state index contributed by atoms with van der Waals surface area (Å²) in [5, 5.41) is 9.91. The van der Waals surface area contributed by atoms with Crippen molar-refractivity contribution in [2.75, 3.05) is 0 Å². The molecule has 1 N–H and O–H groups in total. The van der Waals surface area contributed by atoms with Gasteiger partial charge in [0.05, 0.1) is 5.69 Å². The van der Waals surface area contributed by atoms with Gasteiger partial charge in [0.15, 0.2) is 0 Å². The summed E-state index contributed by atoms with van der Waals surface area (Å²) in [7, 11) is 0. The summed E-state index contributed by atoms with van der Waals surface area (Å²) in [6.07, 6.45) is -0.705. The van der Waals surface area contributed by atoms with Crippen molar-refractivity contribution < 1.29 is 13.9 Å². The summed E-state index contributed by atoms with van der Waals surface area (Å²) in [4.78, 5) is 4.90. The molecule has 2 aromatic rings. The minimum absolute atomic E-state index is 0.130. The van der Waals surface area contributed by atoms with Gasteiger partial charge in [0.1, 0.15) is 22.7 Å². The molecule has 0 fully saturated rings. The van der Waals surface area contributed by atoms with Crippen molar-refractivity contribution in [3.05, 3.63) is 39.7 Å². The summed E-state index contributed by atoms with van der Waals surface area (Å²) in [6.45, 7) is 3.35. The molecule has 1 heterocycles. The van der Waals surface area contributed by atoms with Crippen molar-refractivity contribution in [2.45, 2.75) is 20.0 Å². The van der Waals surface area contributed by atoms with Crippen LogP contribution in [0.15, 0.2) is 18.2 Å². The quantitative estimate of drug-likeness (QED) is 0.891. The highest BCUT2D eigenvalue weighted by molar-refractivity contribution is 7.12. The lowest BCUT2D eigenvalue weighted by atomic mass is 10.1. The largest absolute Gasteiger partial charge is 0.386 e. The summed E-state index contributed by atoms with van der Waals surface area (Å²) in [6, 6.07) is 3.25. The number of rotatable bonds is 2. The van der Waals surface area contributed by atoms with Crippen LogP contribution in [0.1, 0.15) is 22.9 Å². The van der Waals surface area contributed by atoms with Gasteiger partial charge in [0.2, 0.25) is 0 Å². The molecular formula is C12H11F2NOS. The second kappa shape index (κ2) is 4.50.